The van der Waals surface area contributed by atoms with Crippen LogP contribution in [-0.4, -0.2) is 56.3 Å². The number of carbonyl (C=O) groups is 1. The molecule has 1 atom stereocenters. The van der Waals surface area contributed by atoms with Gasteiger partial charge in [-0.1, -0.05) is 6.07 Å². The number of amides is 1. The number of pyridine rings is 1. The van der Waals surface area contributed by atoms with E-state index in [1.165, 1.54) is 0 Å². The molecule has 6 nitrogen and oxygen atoms in total. The molecule has 0 saturated carbocycles. The van der Waals surface area contributed by atoms with Crippen molar-refractivity contribution < 1.29 is 4.79 Å². The molecule has 2 aromatic rings. The van der Waals surface area contributed by atoms with Gasteiger partial charge in [-0.15, -0.1) is 0 Å². The van der Waals surface area contributed by atoms with Crippen molar-refractivity contribution >= 4 is 5.91 Å². The maximum atomic E-state index is 13.4. The van der Waals surface area contributed by atoms with Crippen molar-refractivity contribution in [3.05, 3.63) is 47.8 Å². The molecule has 0 bridgehead atoms. The van der Waals surface area contributed by atoms with Crippen LogP contribution in [0.5, 0.6) is 0 Å². The van der Waals surface area contributed by atoms with Crippen LogP contribution < -0.4 is 0 Å². The average molecular weight is 353 g/mol. The normalized spacial score (nSPS) is 21.8. The maximum absolute atomic E-state index is 13.4. The molecule has 1 fully saturated rings. The van der Waals surface area contributed by atoms with Crippen LogP contribution in [0.15, 0.2) is 30.9 Å². The smallest absolute Gasteiger partial charge is 0.226 e. The highest BCUT2D eigenvalue weighted by atomic mass is 16.2. The summed E-state index contributed by atoms with van der Waals surface area (Å²) in [5.74, 6) is 0.389. The minimum Gasteiger partial charge on any atom is -0.348 e. The van der Waals surface area contributed by atoms with Gasteiger partial charge in [-0.2, -0.15) is 0 Å². The van der Waals surface area contributed by atoms with Gasteiger partial charge in [0.2, 0.25) is 5.91 Å². The van der Waals surface area contributed by atoms with Gasteiger partial charge in [-0.3, -0.25) is 9.78 Å². The molecule has 1 unspecified atom stereocenters. The van der Waals surface area contributed by atoms with Crippen LogP contribution in [0.1, 0.15) is 49.7 Å². The standard InChI is InChI=1S/C20H27N5O/c1-14(2)24-9-5-15(6-10-24)20(26)25-11-7-17-18(23-13-22-17)19(25)16-4-3-8-21-12-16/h3-4,8,12-15,19H,5-7,9-11H2,1-2H3,(H,22,23). The summed E-state index contributed by atoms with van der Waals surface area (Å²) in [4.78, 5) is 29.9. The molecule has 2 aliphatic rings. The minimum absolute atomic E-state index is 0.115. The Labute approximate surface area is 154 Å². The highest BCUT2D eigenvalue weighted by Crippen LogP contribution is 2.35. The first kappa shape index (κ1) is 17.2. The Kier molecular flexibility index (Phi) is 4.76. The molecule has 0 radical (unpaired) electrons. The highest BCUT2D eigenvalue weighted by Gasteiger charge is 2.38. The minimum atomic E-state index is -0.130. The van der Waals surface area contributed by atoms with E-state index in [-0.39, 0.29) is 17.9 Å². The lowest BCUT2D eigenvalue weighted by Crippen LogP contribution is -2.47. The first-order valence-electron chi connectivity index (χ1n) is 9.61. The third-order valence-electron chi connectivity index (χ3n) is 5.82. The fourth-order valence-electron chi connectivity index (χ4n) is 4.29. The number of hydrogen-bond acceptors (Lipinski definition) is 4. The number of aromatic nitrogens is 3. The van der Waals surface area contributed by atoms with Crippen LogP contribution in [0.3, 0.4) is 0 Å². The molecular weight excluding hydrogens is 326 g/mol. The predicted octanol–water partition coefficient (Wildman–Crippen LogP) is 2.40. The molecule has 4 heterocycles. The second-order valence-corrected chi connectivity index (χ2v) is 7.64. The number of fused-ring (bicyclic) bond motifs is 1. The number of likely N-dealkylation sites (tertiary alicyclic amines) is 1. The molecule has 2 aromatic heterocycles. The first-order chi connectivity index (χ1) is 12.6. The third-order valence-corrected chi connectivity index (χ3v) is 5.82. The van der Waals surface area contributed by atoms with E-state index in [1.807, 2.05) is 23.2 Å². The Morgan fingerprint density at radius 3 is 2.77 bits per heavy atom. The number of carbonyl (C=O) groups excluding carboxylic acids is 1. The van der Waals surface area contributed by atoms with Gasteiger partial charge < -0.3 is 14.8 Å². The van der Waals surface area contributed by atoms with Crippen molar-refractivity contribution in [1.29, 1.82) is 0 Å². The average Bonchev–Trinajstić information content (AvgIpc) is 3.16. The van der Waals surface area contributed by atoms with Crippen molar-refractivity contribution in [1.82, 2.24) is 24.8 Å². The summed E-state index contributed by atoms with van der Waals surface area (Å²) in [5, 5.41) is 0. The molecule has 2 aliphatic heterocycles. The molecule has 138 valence electrons. The molecule has 6 heteroatoms. The summed E-state index contributed by atoms with van der Waals surface area (Å²) in [5.41, 5.74) is 3.14. The van der Waals surface area contributed by atoms with E-state index >= 15 is 0 Å². The zero-order valence-corrected chi connectivity index (χ0v) is 15.6. The zero-order chi connectivity index (χ0) is 18.1. The number of nitrogens with one attached hydrogen (secondary N) is 1. The van der Waals surface area contributed by atoms with Crippen LogP contribution in [0, 0.1) is 5.92 Å². The Bertz CT molecular complexity index is 749. The Morgan fingerprint density at radius 2 is 2.08 bits per heavy atom. The lowest BCUT2D eigenvalue weighted by atomic mass is 9.90. The molecule has 0 aliphatic carbocycles. The highest BCUT2D eigenvalue weighted by molar-refractivity contribution is 5.80. The van der Waals surface area contributed by atoms with Crippen molar-refractivity contribution in [2.24, 2.45) is 5.92 Å². The van der Waals surface area contributed by atoms with Gasteiger partial charge in [-0.05, 0) is 51.4 Å². The largest absolute Gasteiger partial charge is 0.348 e. The quantitative estimate of drug-likeness (QED) is 0.920. The van der Waals surface area contributed by atoms with E-state index in [0.717, 1.165) is 55.8 Å². The number of nitrogens with zero attached hydrogens (tertiary/aromatic N) is 4. The predicted molar refractivity (Wildman–Crippen MR) is 99.5 cm³/mol. The number of H-pyrrole nitrogens is 1. The van der Waals surface area contributed by atoms with Crippen molar-refractivity contribution in [2.75, 3.05) is 19.6 Å². The lowest BCUT2D eigenvalue weighted by Gasteiger charge is -2.40. The van der Waals surface area contributed by atoms with E-state index in [4.69, 9.17) is 0 Å². The van der Waals surface area contributed by atoms with Crippen LogP contribution in [0.25, 0.3) is 0 Å². The molecule has 0 spiro atoms. The molecule has 1 saturated heterocycles. The zero-order valence-electron chi connectivity index (χ0n) is 15.6. The fourth-order valence-corrected chi connectivity index (χ4v) is 4.29. The Morgan fingerprint density at radius 1 is 1.27 bits per heavy atom. The van der Waals surface area contributed by atoms with Gasteiger partial charge in [0.25, 0.3) is 0 Å². The lowest BCUT2D eigenvalue weighted by molar-refractivity contribution is -0.139. The van der Waals surface area contributed by atoms with E-state index < -0.39 is 0 Å². The van der Waals surface area contributed by atoms with Crippen LogP contribution >= 0.6 is 0 Å². The third kappa shape index (κ3) is 3.14. The second kappa shape index (κ2) is 7.19. The summed E-state index contributed by atoms with van der Waals surface area (Å²) in [7, 11) is 0. The maximum Gasteiger partial charge on any atom is 0.226 e. The molecular formula is C20H27N5O. The molecule has 4 rings (SSSR count). The topological polar surface area (TPSA) is 65.1 Å². The number of aromatic amines is 1. The molecule has 1 amide bonds. The van der Waals surface area contributed by atoms with Gasteiger partial charge in [0.15, 0.2) is 0 Å². The van der Waals surface area contributed by atoms with Crippen molar-refractivity contribution in [3.63, 3.8) is 0 Å². The van der Waals surface area contributed by atoms with Gasteiger partial charge >= 0.3 is 0 Å². The number of imidazole rings is 1. The second-order valence-electron chi connectivity index (χ2n) is 7.64. The van der Waals surface area contributed by atoms with Crippen LogP contribution in [-0.2, 0) is 11.2 Å². The van der Waals surface area contributed by atoms with Crippen LogP contribution in [0.2, 0.25) is 0 Å². The Balaban J connectivity index is 1.58. The van der Waals surface area contributed by atoms with Crippen LogP contribution in [0.4, 0.5) is 0 Å². The molecule has 26 heavy (non-hydrogen) atoms. The molecule has 1 N–H and O–H groups in total. The number of piperidine rings is 1. The van der Waals surface area contributed by atoms with Gasteiger partial charge in [0.1, 0.15) is 6.04 Å². The number of hydrogen-bond donors (Lipinski definition) is 1. The summed E-state index contributed by atoms with van der Waals surface area (Å²) in [6.07, 6.45) is 8.09. The first-order valence-corrected chi connectivity index (χ1v) is 9.61. The van der Waals surface area contributed by atoms with Gasteiger partial charge in [0.05, 0.1) is 12.0 Å². The summed E-state index contributed by atoms with van der Waals surface area (Å²) in [6.45, 7) is 7.20. The van der Waals surface area contributed by atoms with E-state index in [0.29, 0.717) is 6.04 Å². The van der Waals surface area contributed by atoms with Crippen molar-refractivity contribution in [2.45, 2.75) is 45.2 Å². The summed E-state index contributed by atoms with van der Waals surface area (Å²) >= 11 is 0. The van der Waals surface area contributed by atoms with E-state index in [9.17, 15) is 4.79 Å². The Hall–Kier alpha value is -2.21. The van der Waals surface area contributed by atoms with E-state index in [2.05, 4.69) is 33.7 Å². The summed E-state index contributed by atoms with van der Waals surface area (Å²) < 4.78 is 0. The van der Waals surface area contributed by atoms with Gasteiger partial charge in [-0.25, -0.2) is 4.98 Å². The SMILES string of the molecule is CC(C)N1CCC(C(=O)N2CCc3[nH]cnc3C2c2cccnc2)CC1. The van der Waals surface area contributed by atoms with Crippen molar-refractivity contribution in [3.8, 4) is 0 Å². The molecule has 0 aromatic carbocycles. The van der Waals surface area contributed by atoms with Gasteiger partial charge in [0, 0.05) is 43.0 Å². The monoisotopic (exact) mass is 353 g/mol. The fraction of sp³-hybridized carbons (Fsp3) is 0.550. The summed E-state index contributed by atoms with van der Waals surface area (Å²) in [6, 6.07) is 4.40. The number of rotatable bonds is 3. The van der Waals surface area contributed by atoms with E-state index in [1.54, 1.807) is 12.5 Å².